The smallest absolute Gasteiger partial charge is 0.273 e. The maximum Gasteiger partial charge on any atom is 0.273 e. The molecule has 5 aromatic heterocycles. The number of aromatic nitrogens is 6. The van der Waals surface area contributed by atoms with Gasteiger partial charge in [0, 0.05) is 73.7 Å². The zero-order chi connectivity index (χ0) is 28.1. The van der Waals surface area contributed by atoms with Crippen LogP contribution < -0.4 is 15.0 Å². The molecule has 204 valence electrons. The van der Waals surface area contributed by atoms with Crippen molar-refractivity contribution in [2.24, 2.45) is 24.8 Å². The van der Waals surface area contributed by atoms with Gasteiger partial charge in [-0.2, -0.15) is 15.5 Å². The number of carbonyl (C=O) groups excluding carboxylic acids is 1. The lowest BCUT2D eigenvalue weighted by molar-refractivity contribution is 0.0942. The number of fused-ring (bicyclic) bond motifs is 2. The molecule has 1 N–H and O–H groups in total. The molecule has 1 aliphatic heterocycles. The van der Waals surface area contributed by atoms with Crippen molar-refractivity contribution in [1.82, 2.24) is 34.7 Å². The Kier molecular flexibility index (Phi) is 5.89. The Morgan fingerprint density at radius 2 is 1.93 bits per heavy atom. The maximum absolute atomic E-state index is 12.6. The van der Waals surface area contributed by atoms with Crippen LogP contribution in [0.4, 0.5) is 5.82 Å². The molecule has 1 saturated carbocycles. The number of hydrogen-bond donors (Lipinski definition) is 1. The molecule has 11 nitrogen and oxygen atoms in total. The van der Waals surface area contributed by atoms with Crippen LogP contribution in [0, 0.1) is 29.1 Å². The lowest BCUT2D eigenvalue weighted by Crippen LogP contribution is -2.31. The summed E-state index contributed by atoms with van der Waals surface area (Å²) in [7, 11) is 3.42. The standard InChI is InChI=1S/C30H27N9O2/c1-37-14-21(12-35-37)19-8-22(29-20(9-31)11-36-39(29)15-19)18-5-6-27(33-10-18)38-16-24-23(25(24)17-38)13-34-30(40)28-26(41-2)4-3-7-32-28/h3-8,10-12,14-15,23-25H,13,16-17H2,1-2H3,(H,34,40)/t23-,24-,25+. The average molecular weight is 546 g/mol. The Morgan fingerprint density at radius 1 is 1.07 bits per heavy atom. The summed E-state index contributed by atoms with van der Waals surface area (Å²) < 4.78 is 8.77. The number of amides is 1. The SMILES string of the molecule is COc1cccnc1C(=O)NC[C@@H]1[C@H]2CN(c3ccc(-c4cc(-c5cnn(C)c5)cn5ncc(C#N)c45)cn3)C[C@@H]12. The van der Waals surface area contributed by atoms with Crippen molar-refractivity contribution in [3.05, 3.63) is 78.8 Å². The quantitative estimate of drug-likeness (QED) is 0.331. The van der Waals surface area contributed by atoms with Crippen molar-refractivity contribution < 1.29 is 9.53 Å². The van der Waals surface area contributed by atoms with Gasteiger partial charge in [0.05, 0.1) is 30.6 Å². The van der Waals surface area contributed by atoms with Crippen LogP contribution >= 0.6 is 0 Å². The van der Waals surface area contributed by atoms with E-state index in [1.54, 1.807) is 33.7 Å². The van der Waals surface area contributed by atoms with Crippen LogP contribution in [-0.4, -0.2) is 62.0 Å². The van der Waals surface area contributed by atoms with Gasteiger partial charge >= 0.3 is 0 Å². The van der Waals surface area contributed by atoms with E-state index in [4.69, 9.17) is 9.72 Å². The third-order valence-corrected chi connectivity index (χ3v) is 8.23. The van der Waals surface area contributed by atoms with Crippen LogP contribution in [0.1, 0.15) is 16.1 Å². The molecule has 3 atom stereocenters. The molecule has 2 fully saturated rings. The van der Waals surface area contributed by atoms with Crippen LogP contribution in [0.3, 0.4) is 0 Å². The van der Waals surface area contributed by atoms with Crippen molar-refractivity contribution in [2.75, 3.05) is 31.6 Å². The number of rotatable bonds is 7. The van der Waals surface area contributed by atoms with Crippen LogP contribution in [0.5, 0.6) is 5.75 Å². The first kappa shape index (κ1) is 24.8. The molecule has 0 bridgehead atoms. The third kappa shape index (κ3) is 4.34. The highest BCUT2D eigenvalue weighted by Crippen LogP contribution is 2.52. The number of anilines is 1. The molecule has 41 heavy (non-hydrogen) atoms. The summed E-state index contributed by atoms with van der Waals surface area (Å²) in [5.74, 6) is 2.71. The molecule has 6 heterocycles. The molecular formula is C30H27N9O2. The summed E-state index contributed by atoms with van der Waals surface area (Å²) in [5.41, 5.74) is 5.31. The molecule has 5 aromatic rings. The zero-order valence-corrected chi connectivity index (χ0v) is 22.6. The lowest BCUT2D eigenvalue weighted by Gasteiger charge is -2.21. The van der Waals surface area contributed by atoms with E-state index in [1.165, 1.54) is 7.11 Å². The molecule has 2 aliphatic rings. The molecule has 0 unspecified atom stereocenters. The van der Waals surface area contributed by atoms with E-state index in [0.29, 0.717) is 41.3 Å². The topological polar surface area (TPSA) is 126 Å². The largest absolute Gasteiger partial charge is 0.494 e. The van der Waals surface area contributed by atoms with E-state index >= 15 is 0 Å². The summed E-state index contributed by atoms with van der Waals surface area (Å²) in [6.07, 6.45) is 10.7. The Bertz CT molecular complexity index is 1810. The Labute approximate surface area is 236 Å². The summed E-state index contributed by atoms with van der Waals surface area (Å²) >= 11 is 0. The molecular weight excluding hydrogens is 518 g/mol. The fourth-order valence-corrected chi connectivity index (χ4v) is 6.04. The van der Waals surface area contributed by atoms with Crippen LogP contribution in [0.2, 0.25) is 0 Å². The number of pyridine rings is 3. The predicted molar refractivity (Wildman–Crippen MR) is 151 cm³/mol. The monoisotopic (exact) mass is 545 g/mol. The minimum Gasteiger partial charge on any atom is -0.494 e. The third-order valence-electron chi connectivity index (χ3n) is 8.23. The van der Waals surface area contributed by atoms with Crippen molar-refractivity contribution in [3.63, 3.8) is 0 Å². The van der Waals surface area contributed by atoms with E-state index in [9.17, 15) is 10.1 Å². The number of nitrogens with zero attached hydrogens (tertiary/aromatic N) is 8. The Balaban J connectivity index is 1.05. The summed E-state index contributed by atoms with van der Waals surface area (Å²) in [5, 5.41) is 21.5. The average Bonchev–Trinajstić information content (AvgIpc) is 3.44. The molecule has 7 rings (SSSR count). The van der Waals surface area contributed by atoms with Gasteiger partial charge in [-0.05, 0) is 48.1 Å². The molecule has 0 aromatic carbocycles. The van der Waals surface area contributed by atoms with E-state index in [1.807, 2.05) is 37.9 Å². The number of carbonyl (C=O) groups is 1. The van der Waals surface area contributed by atoms with Crippen LogP contribution in [0.15, 0.2) is 67.5 Å². The molecule has 1 aliphatic carbocycles. The first-order valence-corrected chi connectivity index (χ1v) is 13.4. The van der Waals surface area contributed by atoms with Crippen molar-refractivity contribution in [1.29, 1.82) is 5.26 Å². The minimum absolute atomic E-state index is 0.207. The number of piperidine rings is 1. The number of ether oxygens (including phenoxy) is 1. The van der Waals surface area contributed by atoms with Gasteiger partial charge in [0.2, 0.25) is 0 Å². The van der Waals surface area contributed by atoms with Crippen LogP contribution in [-0.2, 0) is 7.05 Å². The fourth-order valence-electron chi connectivity index (χ4n) is 6.04. The van der Waals surface area contributed by atoms with E-state index in [-0.39, 0.29) is 5.91 Å². The highest BCUT2D eigenvalue weighted by molar-refractivity contribution is 5.94. The number of aryl methyl sites for hydroxylation is 1. The van der Waals surface area contributed by atoms with Crippen molar-refractivity contribution in [3.8, 4) is 34.1 Å². The number of nitriles is 1. The first-order valence-electron chi connectivity index (χ1n) is 13.4. The highest BCUT2D eigenvalue weighted by atomic mass is 16.5. The van der Waals surface area contributed by atoms with Gasteiger partial charge in [-0.3, -0.25) is 9.48 Å². The second-order valence-electron chi connectivity index (χ2n) is 10.6. The second kappa shape index (κ2) is 9.75. The predicted octanol–water partition coefficient (Wildman–Crippen LogP) is 3.18. The summed E-state index contributed by atoms with van der Waals surface area (Å²) in [6.45, 7) is 2.45. The minimum atomic E-state index is -0.207. The first-order chi connectivity index (χ1) is 20.0. The second-order valence-corrected chi connectivity index (χ2v) is 10.6. The van der Waals surface area contributed by atoms with Crippen molar-refractivity contribution >= 4 is 17.2 Å². The normalized spacial score (nSPS) is 19.1. The van der Waals surface area contributed by atoms with Crippen LogP contribution in [0.25, 0.3) is 27.8 Å². The van der Waals surface area contributed by atoms with Gasteiger partial charge in [0.25, 0.3) is 5.91 Å². The van der Waals surface area contributed by atoms with E-state index in [2.05, 4.69) is 43.6 Å². The van der Waals surface area contributed by atoms with Gasteiger partial charge < -0.3 is 15.0 Å². The molecule has 0 radical (unpaired) electrons. The van der Waals surface area contributed by atoms with Gasteiger partial charge in [-0.25, -0.2) is 14.5 Å². The molecule has 1 amide bonds. The highest BCUT2D eigenvalue weighted by Gasteiger charge is 2.55. The number of hydrogen-bond acceptors (Lipinski definition) is 8. The van der Waals surface area contributed by atoms with Gasteiger partial charge in [0.15, 0.2) is 5.69 Å². The maximum atomic E-state index is 12.6. The van der Waals surface area contributed by atoms with E-state index < -0.39 is 0 Å². The van der Waals surface area contributed by atoms with E-state index in [0.717, 1.165) is 46.7 Å². The fraction of sp³-hybridized carbons (Fsp3) is 0.267. The van der Waals surface area contributed by atoms with Gasteiger partial charge in [-0.1, -0.05) is 0 Å². The van der Waals surface area contributed by atoms with Gasteiger partial charge in [0.1, 0.15) is 17.6 Å². The molecule has 11 heteroatoms. The molecule has 0 spiro atoms. The van der Waals surface area contributed by atoms with Crippen molar-refractivity contribution in [2.45, 2.75) is 0 Å². The van der Waals surface area contributed by atoms with Gasteiger partial charge in [-0.15, -0.1) is 0 Å². The Hall–Kier alpha value is -5.24. The summed E-state index contributed by atoms with van der Waals surface area (Å²) in [4.78, 5) is 23.9. The Morgan fingerprint density at radius 3 is 2.63 bits per heavy atom. The molecule has 1 saturated heterocycles. The zero-order valence-electron chi connectivity index (χ0n) is 22.6. The number of nitrogens with one attached hydrogen (secondary N) is 1. The lowest BCUT2D eigenvalue weighted by atomic mass is 10.0. The number of methoxy groups -OCH3 is 1. The summed E-state index contributed by atoms with van der Waals surface area (Å²) in [6, 6.07) is 11.9.